The molecule has 0 aliphatic carbocycles. The van der Waals surface area contributed by atoms with E-state index in [1.807, 2.05) is 25.1 Å². The van der Waals surface area contributed by atoms with Gasteiger partial charge in [-0.15, -0.1) is 0 Å². The van der Waals surface area contributed by atoms with E-state index < -0.39 is 5.76 Å². The van der Waals surface area contributed by atoms with E-state index in [1.165, 1.54) is 0 Å². The van der Waals surface area contributed by atoms with Crippen molar-refractivity contribution in [3.63, 3.8) is 0 Å². The normalized spacial score (nSPS) is 12.2. The number of carbonyl (C=O) groups excluding carboxylic acids is 1. The van der Waals surface area contributed by atoms with Crippen LogP contribution in [0.3, 0.4) is 0 Å². The molecular formula is C17H17ClF2N2OS. The number of amides is 1. The molecule has 0 heterocycles. The molecule has 1 atom stereocenters. The van der Waals surface area contributed by atoms with Gasteiger partial charge in [-0.3, -0.25) is 4.79 Å². The third kappa shape index (κ3) is 5.47. The molecule has 7 heteroatoms. The molecule has 2 rings (SSSR count). The maximum Gasteiger partial charge on any atom is 0.288 e. The van der Waals surface area contributed by atoms with E-state index in [1.54, 1.807) is 30.3 Å². The summed E-state index contributed by atoms with van der Waals surface area (Å²) in [6.45, 7) is 1.94. The van der Waals surface area contributed by atoms with Crippen LogP contribution < -0.4 is 10.6 Å². The fourth-order valence-electron chi connectivity index (χ4n) is 2.15. The van der Waals surface area contributed by atoms with E-state index in [9.17, 15) is 13.6 Å². The van der Waals surface area contributed by atoms with Crippen LogP contribution in [0.15, 0.2) is 53.4 Å². The van der Waals surface area contributed by atoms with Gasteiger partial charge < -0.3 is 10.6 Å². The average molecular weight is 371 g/mol. The van der Waals surface area contributed by atoms with Crippen molar-refractivity contribution >= 4 is 35.0 Å². The Morgan fingerprint density at radius 3 is 2.54 bits per heavy atom. The predicted octanol–water partition coefficient (Wildman–Crippen LogP) is 4.94. The second-order valence-corrected chi connectivity index (χ2v) is 6.49. The van der Waals surface area contributed by atoms with E-state index >= 15 is 0 Å². The predicted molar refractivity (Wildman–Crippen MR) is 94.8 cm³/mol. The second-order valence-electron chi connectivity index (χ2n) is 5.05. The van der Waals surface area contributed by atoms with E-state index in [-0.39, 0.29) is 18.5 Å². The molecule has 0 saturated heterocycles. The van der Waals surface area contributed by atoms with Crippen molar-refractivity contribution in [1.82, 2.24) is 5.32 Å². The lowest BCUT2D eigenvalue weighted by atomic mass is 10.1. The summed E-state index contributed by atoms with van der Waals surface area (Å²) in [6.07, 6.45) is 0. The number of hydrogen-bond acceptors (Lipinski definition) is 3. The summed E-state index contributed by atoms with van der Waals surface area (Å²) in [7, 11) is 0. The van der Waals surface area contributed by atoms with E-state index in [0.29, 0.717) is 27.4 Å². The van der Waals surface area contributed by atoms with Gasteiger partial charge in [0, 0.05) is 16.0 Å². The number of para-hydroxylation sites is 1. The summed E-state index contributed by atoms with van der Waals surface area (Å²) in [5.74, 6) is -2.85. The van der Waals surface area contributed by atoms with Crippen molar-refractivity contribution in [3.05, 3.63) is 59.1 Å². The summed E-state index contributed by atoms with van der Waals surface area (Å²) in [5, 5.41) is 6.34. The molecule has 0 aliphatic heterocycles. The summed E-state index contributed by atoms with van der Waals surface area (Å²) in [4.78, 5) is 12.4. The van der Waals surface area contributed by atoms with E-state index in [4.69, 9.17) is 11.6 Å². The van der Waals surface area contributed by atoms with Crippen molar-refractivity contribution in [2.75, 3.05) is 11.9 Å². The van der Waals surface area contributed by atoms with Crippen molar-refractivity contribution in [1.29, 1.82) is 0 Å². The van der Waals surface area contributed by atoms with Crippen molar-refractivity contribution in [2.24, 2.45) is 0 Å². The minimum absolute atomic E-state index is 0.0417. The molecule has 2 aromatic carbocycles. The number of rotatable bonds is 7. The minimum atomic E-state index is -2.54. The Labute approximate surface area is 148 Å². The molecule has 0 radical (unpaired) electrons. The Morgan fingerprint density at radius 2 is 1.83 bits per heavy atom. The topological polar surface area (TPSA) is 41.1 Å². The maximum atomic E-state index is 12.5. The smallest absolute Gasteiger partial charge is 0.288 e. The third-order valence-electron chi connectivity index (χ3n) is 3.32. The zero-order valence-electron chi connectivity index (χ0n) is 12.9. The van der Waals surface area contributed by atoms with Gasteiger partial charge in [-0.2, -0.15) is 8.78 Å². The highest BCUT2D eigenvalue weighted by Crippen LogP contribution is 2.31. The first kappa shape index (κ1) is 18.7. The van der Waals surface area contributed by atoms with Gasteiger partial charge in [-0.25, -0.2) is 0 Å². The SMILES string of the molecule is C[C@@H](NCC(=O)Nc1ccccc1SC(F)F)c1ccccc1Cl. The standard InChI is InChI=1S/C17H17ClF2N2OS/c1-11(12-6-2-3-7-13(12)18)21-10-16(23)22-14-8-4-5-9-15(14)24-17(19)20/h2-9,11,17,21H,10H2,1H3,(H,22,23)/t11-/m1/s1. The highest BCUT2D eigenvalue weighted by molar-refractivity contribution is 7.99. The number of thioether (sulfide) groups is 1. The van der Waals surface area contributed by atoms with Crippen LogP contribution in [-0.2, 0) is 4.79 Å². The summed E-state index contributed by atoms with van der Waals surface area (Å²) >= 11 is 6.52. The number of anilines is 1. The summed E-state index contributed by atoms with van der Waals surface area (Å²) < 4.78 is 25.1. The number of alkyl halides is 2. The molecule has 24 heavy (non-hydrogen) atoms. The van der Waals surface area contributed by atoms with Gasteiger partial charge in [0.1, 0.15) is 0 Å². The number of halogens is 3. The Balaban J connectivity index is 1.93. The highest BCUT2D eigenvalue weighted by Gasteiger charge is 2.13. The van der Waals surface area contributed by atoms with Crippen LogP contribution in [0.5, 0.6) is 0 Å². The maximum absolute atomic E-state index is 12.5. The Bertz CT molecular complexity index is 700. The molecule has 1 amide bonds. The summed E-state index contributed by atoms with van der Waals surface area (Å²) in [5.41, 5.74) is 1.26. The van der Waals surface area contributed by atoms with Gasteiger partial charge in [0.25, 0.3) is 5.76 Å². The molecule has 2 aromatic rings. The Hall–Kier alpha value is -1.63. The van der Waals surface area contributed by atoms with Gasteiger partial charge in [-0.1, -0.05) is 53.7 Å². The van der Waals surface area contributed by atoms with Gasteiger partial charge in [0.15, 0.2) is 0 Å². The fourth-order valence-corrected chi connectivity index (χ4v) is 3.04. The van der Waals surface area contributed by atoms with Crippen molar-refractivity contribution in [2.45, 2.75) is 23.6 Å². The second kappa shape index (κ2) is 9.01. The van der Waals surface area contributed by atoms with Gasteiger partial charge in [-0.05, 0) is 30.7 Å². The van der Waals surface area contributed by atoms with E-state index in [0.717, 1.165) is 5.56 Å². The van der Waals surface area contributed by atoms with Gasteiger partial charge >= 0.3 is 0 Å². The lowest BCUT2D eigenvalue weighted by Gasteiger charge is -2.16. The molecule has 0 unspecified atom stereocenters. The molecule has 3 nitrogen and oxygen atoms in total. The molecule has 0 aromatic heterocycles. The quantitative estimate of drug-likeness (QED) is 0.678. The fraction of sp³-hybridized carbons (Fsp3) is 0.235. The first-order valence-electron chi connectivity index (χ1n) is 7.29. The number of hydrogen-bond donors (Lipinski definition) is 2. The third-order valence-corrected chi connectivity index (χ3v) is 4.45. The van der Waals surface area contributed by atoms with Crippen LogP contribution in [0.1, 0.15) is 18.5 Å². The van der Waals surface area contributed by atoms with E-state index in [2.05, 4.69) is 10.6 Å². The highest BCUT2D eigenvalue weighted by atomic mass is 35.5. The molecule has 0 spiro atoms. The molecule has 0 aliphatic rings. The largest absolute Gasteiger partial charge is 0.324 e. The molecular weight excluding hydrogens is 354 g/mol. The zero-order chi connectivity index (χ0) is 17.5. The first-order chi connectivity index (χ1) is 11.5. The van der Waals surface area contributed by atoms with Gasteiger partial charge in [0.2, 0.25) is 5.91 Å². The number of nitrogens with one attached hydrogen (secondary N) is 2. The first-order valence-corrected chi connectivity index (χ1v) is 8.54. The molecule has 2 N–H and O–H groups in total. The lowest BCUT2D eigenvalue weighted by Crippen LogP contribution is -2.30. The monoisotopic (exact) mass is 370 g/mol. The lowest BCUT2D eigenvalue weighted by molar-refractivity contribution is -0.115. The Morgan fingerprint density at radius 1 is 1.17 bits per heavy atom. The molecule has 0 bridgehead atoms. The van der Waals surface area contributed by atoms with Crippen LogP contribution in [0.2, 0.25) is 5.02 Å². The molecule has 0 fully saturated rings. The van der Waals surface area contributed by atoms with Crippen LogP contribution >= 0.6 is 23.4 Å². The number of benzene rings is 2. The summed E-state index contributed by atoms with van der Waals surface area (Å²) in [6, 6.07) is 13.7. The molecule has 0 saturated carbocycles. The van der Waals surface area contributed by atoms with Crippen molar-refractivity contribution in [3.8, 4) is 0 Å². The van der Waals surface area contributed by atoms with Crippen LogP contribution in [0, 0.1) is 0 Å². The van der Waals surface area contributed by atoms with Crippen LogP contribution in [0.25, 0.3) is 0 Å². The van der Waals surface area contributed by atoms with Crippen molar-refractivity contribution < 1.29 is 13.6 Å². The van der Waals surface area contributed by atoms with Gasteiger partial charge in [0.05, 0.1) is 12.2 Å². The average Bonchev–Trinajstić information content (AvgIpc) is 2.54. The number of carbonyl (C=O) groups is 1. The van der Waals surface area contributed by atoms with Crippen LogP contribution in [0.4, 0.5) is 14.5 Å². The van der Waals surface area contributed by atoms with Crippen LogP contribution in [-0.4, -0.2) is 18.2 Å². The Kier molecular flexibility index (Phi) is 7.02. The zero-order valence-corrected chi connectivity index (χ0v) is 14.5. The molecule has 128 valence electrons. The minimum Gasteiger partial charge on any atom is -0.324 e.